The molecule has 76 valence electrons. The lowest BCUT2D eigenvalue weighted by Gasteiger charge is -2.36. The van der Waals surface area contributed by atoms with Crippen molar-refractivity contribution in [2.75, 3.05) is 0 Å². The highest BCUT2D eigenvalue weighted by Gasteiger charge is 2.30. The van der Waals surface area contributed by atoms with Crippen LogP contribution in [0.2, 0.25) is 0 Å². The molecule has 14 heavy (non-hydrogen) atoms. The molecule has 0 spiro atoms. The summed E-state index contributed by atoms with van der Waals surface area (Å²) in [5, 5.41) is 0. The standard InChI is InChI=1S/C14H20/c1-3-14(4-2)10-9-12-7-5-6-8-13(12)11-14/h5-8H,3-4,9-11H2,1-2H3. The molecule has 0 amide bonds. The molecule has 0 aromatic heterocycles. The third-order valence-corrected chi connectivity index (χ3v) is 4.11. The molecule has 0 bridgehead atoms. The zero-order valence-corrected chi connectivity index (χ0v) is 9.34. The van der Waals surface area contributed by atoms with Gasteiger partial charge in [0.1, 0.15) is 0 Å². The van der Waals surface area contributed by atoms with Crippen molar-refractivity contribution >= 4 is 0 Å². The average molecular weight is 188 g/mol. The maximum atomic E-state index is 2.34. The quantitative estimate of drug-likeness (QED) is 0.658. The van der Waals surface area contributed by atoms with Crippen LogP contribution < -0.4 is 0 Å². The third-order valence-electron chi connectivity index (χ3n) is 4.11. The second-order valence-electron chi connectivity index (χ2n) is 4.65. The average Bonchev–Trinajstić information content (AvgIpc) is 2.28. The van der Waals surface area contributed by atoms with Gasteiger partial charge in [0, 0.05) is 0 Å². The molecule has 1 aliphatic carbocycles. The molecule has 0 heterocycles. The number of fused-ring (bicyclic) bond motifs is 1. The van der Waals surface area contributed by atoms with Gasteiger partial charge in [-0.05, 0) is 35.8 Å². The number of hydrogen-bond acceptors (Lipinski definition) is 0. The van der Waals surface area contributed by atoms with Crippen molar-refractivity contribution in [2.45, 2.75) is 46.0 Å². The van der Waals surface area contributed by atoms with E-state index in [1.54, 1.807) is 11.1 Å². The Morgan fingerprint density at radius 1 is 1.07 bits per heavy atom. The van der Waals surface area contributed by atoms with Gasteiger partial charge in [0.2, 0.25) is 0 Å². The number of benzene rings is 1. The first kappa shape index (κ1) is 9.76. The Hall–Kier alpha value is -0.780. The maximum Gasteiger partial charge on any atom is -0.0219 e. The minimum Gasteiger partial charge on any atom is -0.0648 e. The van der Waals surface area contributed by atoms with E-state index in [9.17, 15) is 0 Å². The Balaban J connectivity index is 2.28. The van der Waals surface area contributed by atoms with Gasteiger partial charge in [-0.25, -0.2) is 0 Å². The lowest BCUT2D eigenvalue weighted by atomic mass is 9.68. The molecule has 0 saturated heterocycles. The molecule has 0 unspecified atom stereocenters. The van der Waals surface area contributed by atoms with Gasteiger partial charge in [-0.2, -0.15) is 0 Å². The van der Waals surface area contributed by atoms with E-state index in [1.807, 2.05) is 0 Å². The van der Waals surface area contributed by atoms with Crippen LogP contribution in [0.1, 0.15) is 44.2 Å². The number of rotatable bonds is 2. The Labute approximate surface area is 87.3 Å². The highest BCUT2D eigenvalue weighted by atomic mass is 14.3. The molecule has 0 fully saturated rings. The van der Waals surface area contributed by atoms with Crippen LogP contribution in [0.3, 0.4) is 0 Å². The second kappa shape index (κ2) is 3.76. The number of hydrogen-bond donors (Lipinski definition) is 0. The van der Waals surface area contributed by atoms with E-state index in [1.165, 1.54) is 32.1 Å². The van der Waals surface area contributed by atoms with Crippen LogP contribution in [0.25, 0.3) is 0 Å². The summed E-state index contributed by atoms with van der Waals surface area (Å²) in [6, 6.07) is 8.96. The third kappa shape index (κ3) is 1.58. The zero-order valence-electron chi connectivity index (χ0n) is 9.34. The molecule has 0 N–H and O–H groups in total. The Bertz CT molecular complexity index is 308. The van der Waals surface area contributed by atoms with Gasteiger partial charge < -0.3 is 0 Å². The summed E-state index contributed by atoms with van der Waals surface area (Å²) in [6.45, 7) is 4.69. The molecule has 0 aliphatic heterocycles. The van der Waals surface area contributed by atoms with Crippen LogP contribution in [-0.4, -0.2) is 0 Å². The van der Waals surface area contributed by atoms with Crippen LogP contribution in [0.5, 0.6) is 0 Å². The van der Waals surface area contributed by atoms with E-state index in [0.717, 1.165) is 0 Å². The van der Waals surface area contributed by atoms with Crippen molar-refractivity contribution in [1.29, 1.82) is 0 Å². The van der Waals surface area contributed by atoms with Crippen molar-refractivity contribution in [2.24, 2.45) is 5.41 Å². The van der Waals surface area contributed by atoms with E-state index in [4.69, 9.17) is 0 Å². The summed E-state index contributed by atoms with van der Waals surface area (Å²) in [5.41, 5.74) is 3.79. The van der Waals surface area contributed by atoms with Crippen LogP contribution in [-0.2, 0) is 12.8 Å². The molecule has 0 radical (unpaired) electrons. The first-order valence-electron chi connectivity index (χ1n) is 5.86. The highest BCUT2D eigenvalue weighted by molar-refractivity contribution is 5.30. The lowest BCUT2D eigenvalue weighted by Crippen LogP contribution is -2.27. The normalized spacial score (nSPS) is 19.0. The fourth-order valence-electron chi connectivity index (χ4n) is 2.72. The monoisotopic (exact) mass is 188 g/mol. The van der Waals surface area contributed by atoms with Gasteiger partial charge >= 0.3 is 0 Å². The molecule has 0 atom stereocenters. The van der Waals surface area contributed by atoms with Crippen LogP contribution in [0.15, 0.2) is 24.3 Å². The highest BCUT2D eigenvalue weighted by Crippen LogP contribution is 2.40. The maximum absolute atomic E-state index is 2.34. The summed E-state index contributed by atoms with van der Waals surface area (Å²) >= 11 is 0. The van der Waals surface area contributed by atoms with Gasteiger partial charge in [0.05, 0.1) is 0 Å². The van der Waals surface area contributed by atoms with E-state index in [2.05, 4.69) is 38.1 Å². The summed E-state index contributed by atoms with van der Waals surface area (Å²) in [4.78, 5) is 0. The molecular formula is C14H20. The Kier molecular flexibility index (Phi) is 2.62. The predicted molar refractivity (Wildman–Crippen MR) is 61.5 cm³/mol. The molecule has 1 aliphatic rings. The van der Waals surface area contributed by atoms with Crippen molar-refractivity contribution in [3.05, 3.63) is 35.4 Å². The van der Waals surface area contributed by atoms with Gasteiger partial charge in [0.25, 0.3) is 0 Å². The van der Waals surface area contributed by atoms with Gasteiger partial charge in [-0.3, -0.25) is 0 Å². The summed E-state index contributed by atoms with van der Waals surface area (Å²) in [6.07, 6.45) is 6.64. The second-order valence-corrected chi connectivity index (χ2v) is 4.65. The molecule has 2 rings (SSSR count). The van der Waals surface area contributed by atoms with E-state index < -0.39 is 0 Å². The van der Waals surface area contributed by atoms with E-state index in [-0.39, 0.29) is 0 Å². The van der Waals surface area contributed by atoms with Crippen LogP contribution in [0.4, 0.5) is 0 Å². The minimum atomic E-state index is 0.606. The Morgan fingerprint density at radius 2 is 1.71 bits per heavy atom. The predicted octanol–water partition coefficient (Wildman–Crippen LogP) is 3.98. The molecule has 1 aromatic rings. The Morgan fingerprint density at radius 3 is 2.36 bits per heavy atom. The molecule has 0 nitrogen and oxygen atoms in total. The van der Waals surface area contributed by atoms with Gasteiger partial charge in [-0.1, -0.05) is 51.0 Å². The summed E-state index contributed by atoms with van der Waals surface area (Å²) < 4.78 is 0. The zero-order chi connectivity index (χ0) is 10.0. The summed E-state index contributed by atoms with van der Waals surface area (Å²) in [5.74, 6) is 0. The van der Waals surface area contributed by atoms with Gasteiger partial charge in [0.15, 0.2) is 0 Å². The van der Waals surface area contributed by atoms with E-state index in [0.29, 0.717) is 5.41 Å². The topological polar surface area (TPSA) is 0 Å². The SMILES string of the molecule is CCC1(CC)CCc2ccccc2C1. The van der Waals surface area contributed by atoms with Gasteiger partial charge in [-0.15, -0.1) is 0 Å². The van der Waals surface area contributed by atoms with E-state index >= 15 is 0 Å². The molecular weight excluding hydrogens is 168 g/mol. The fraction of sp³-hybridized carbons (Fsp3) is 0.571. The van der Waals surface area contributed by atoms with Crippen molar-refractivity contribution in [3.8, 4) is 0 Å². The lowest BCUT2D eigenvalue weighted by molar-refractivity contribution is 0.224. The summed E-state index contributed by atoms with van der Waals surface area (Å²) in [7, 11) is 0. The fourth-order valence-corrected chi connectivity index (χ4v) is 2.72. The first-order valence-corrected chi connectivity index (χ1v) is 5.86. The molecule has 0 heteroatoms. The van der Waals surface area contributed by atoms with Crippen LogP contribution >= 0.6 is 0 Å². The minimum absolute atomic E-state index is 0.606. The smallest absolute Gasteiger partial charge is 0.0219 e. The largest absolute Gasteiger partial charge is 0.0648 e. The van der Waals surface area contributed by atoms with Crippen molar-refractivity contribution < 1.29 is 0 Å². The first-order chi connectivity index (χ1) is 6.79. The molecule has 1 aromatic carbocycles. The van der Waals surface area contributed by atoms with Crippen LogP contribution in [0, 0.1) is 5.41 Å². The number of aryl methyl sites for hydroxylation is 1. The van der Waals surface area contributed by atoms with Crippen molar-refractivity contribution in [3.63, 3.8) is 0 Å². The molecule has 0 saturated carbocycles. The van der Waals surface area contributed by atoms with Crippen molar-refractivity contribution in [1.82, 2.24) is 0 Å².